The highest BCUT2D eigenvalue weighted by molar-refractivity contribution is 9.10. The third kappa shape index (κ3) is 2.55. The number of ketones is 1. The zero-order chi connectivity index (χ0) is 10.7. The second-order valence-electron chi connectivity index (χ2n) is 3.21. The molecule has 0 aliphatic heterocycles. The summed E-state index contributed by atoms with van der Waals surface area (Å²) in [4.78, 5) is 11.9. The maximum absolute atomic E-state index is 11.9. The summed E-state index contributed by atoms with van der Waals surface area (Å²) >= 11 is 5.00. The van der Waals surface area contributed by atoms with Crippen molar-refractivity contribution < 1.29 is 4.79 Å². The number of Topliss-reactive ketones (excluding diaryl/α,β-unsaturated/α-hetero) is 1. The van der Waals surface area contributed by atoms with E-state index in [1.807, 2.05) is 41.1 Å². The first kappa shape index (κ1) is 10.6. The van der Waals surface area contributed by atoms with Gasteiger partial charge in [-0.2, -0.15) is 11.3 Å². The Labute approximate surface area is 101 Å². The number of carbonyl (C=O) groups is 1. The smallest absolute Gasteiger partial charge is 0.168 e. The summed E-state index contributed by atoms with van der Waals surface area (Å²) in [6.45, 7) is 0. The van der Waals surface area contributed by atoms with Crippen molar-refractivity contribution in [2.24, 2.45) is 0 Å². The van der Waals surface area contributed by atoms with Gasteiger partial charge in [0.25, 0.3) is 0 Å². The van der Waals surface area contributed by atoms with Crippen LogP contribution in [0.1, 0.15) is 15.9 Å². The van der Waals surface area contributed by atoms with Crippen molar-refractivity contribution in [1.82, 2.24) is 0 Å². The largest absolute Gasteiger partial charge is 0.294 e. The predicted molar refractivity (Wildman–Crippen MR) is 66.5 cm³/mol. The number of halogens is 1. The van der Waals surface area contributed by atoms with Crippen LogP contribution in [0, 0.1) is 0 Å². The van der Waals surface area contributed by atoms with Gasteiger partial charge in [-0.25, -0.2) is 0 Å². The molecule has 0 radical (unpaired) electrons. The zero-order valence-corrected chi connectivity index (χ0v) is 10.3. The molecule has 15 heavy (non-hydrogen) atoms. The summed E-state index contributed by atoms with van der Waals surface area (Å²) in [6.07, 6.45) is 0.478. The van der Waals surface area contributed by atoms with Crippen LogP contribution in [0.25, 0.3) is 0 Å². The molecule has 0 saturated heterocycles. The summed E-state index contributed by atoms with van der Waals surface area (Å²) in [6, 6.07) is 9.51. The molecule has 1 nitrogen and oxygen atoms in total. The van der Waals surface area contributed by atoms with E-state index in [0.29, 0.717) is 6.42 Å². The van der Waals surface area contributed by atoms with E-state index in [-0.39, 0.29) is 5.78 Å². The van der Waals surface area contributed by atoms with Crippen LogP contribution in [0.5, 0.6) is 0 Å². The van der Waals surface area contributed by atoms with E-state index in [1.165, 1.54) is 0 Å². The predicted octanol–water partition coefficient (Wildman–Crippen LogP) is 3.94. The third-order valence-electron chi connectivity index (χ3n) is 2.12. The van der Waals surface area contributed by atoms with Crippen LogP contribution < -0.4 is 0 Å². The molecule has 1 heterocycles. The first-order valence-electron chi connectivity index (χ1n) is 4.56. The Balaban J connectivity index is 2.19. The van der Waals surface area contributed by atoms with E-state index in [9.17, 15) is 4.79 Å². The molecule has 0 unspecified atom stereocenters. The average Bonchev–Trinajstić information content (AvgIpc) is 2.71. The van der Waals surface area contributed by atoms with Crippen molar-refractivity contribution >= 4 is 33.0 Å². The summed E-state index contributed by atoms with van der Waals surface area (Å²) in [5.41, 5.74) is 1.84. The second kappa shape index (κ2) is 4.73. The Morgan fingerprint density at radius 3 is 2.73 bits per heavy atom. The highest BCUT2D eigenvalue weighted by atomic mass is 79.9. The Hall–Kier alpha value is -0.930. The van der Waals surface area contributed by atoms with Gasteiger partial charge in [0.05, 0.1) is 0 Å². The molecular weight excluding hydrogens is 272 g/mol. The zero-order valence-electron chi connectivity index (χ0n) is 7.94. The van der Waals surface area contributed by atoms with Gasteiger partial charge in [0.2, 0.25) is 0 Å². The van der Waals surface area contributed by atoms with Gasteiger partial charge < -0.3 is 0 Å². The Morgan fingerprint density at radius 2 is 2.07 bits per heavy atom. The van der Waals surface area contributed by atoms with Gasteiger partial charge in [-0.1, -0.05) is 34.1 Å². The minimum atomic E-state index is 0.154. The van der Waals surface area contributed by atoms with Gasteiger partial charge in [0.1, 0.15) is 0 Å². The molecule has 0 fully saturated rings. The minimum absolute atomic E-state index is 0.154. The van der Waals surface area contributed by atoms with Crippen molar-refractivity contribution in [2.45, 2.75) is 6.42 Å². The molecule has 0 spiro atoms. The molecule has 1 aromatic heterocycles. The van der Waals surface area contributed by atoms with E-state index < -0.39 is 0 Å². The van der Waals surface area contributed by atoms with Gasteiger partial charge in [0, 0.05) is 16.5 Å². The van der Waals surface area contributed by atoms with Gasteiger partial charge in [-0.05, 0) is 28.5 Å². The summed E-state index contributed by atoms with van der Waals surface area (Å²) in [7, 11) is 0. The lowest BCUT2D eigenvalue weighted by Crippen LogP contribution is -2.03. The van der Waals surface area contributed by atoms with Crippen LogP contribution in [0.15, 0.2) is 45.6 Å². The SMILES string of the molecule is O=C(Cc1ccsc1)c1ccccc1Br. The number of rotatable bonds is 3. The normalized spacial score (nSPS) is 10.2. The molecule has 2 rings (SSSR count). The topological polar surface area (TPSA) is 17.1 Å². The molecule has 0 aliphatic rings. The van der Waals surface area contributed by atoms with Crippen molar-refractivity contribution in [1.29, 1.82) is 0 Å². The lowest BCUT2D eigenvalue weighted by atomic mass is 10.1. The van der Waals surface area contributed by atoms with E-state index in [2.05, 4.69) is 15.9 Å². The second-order valence-corrected chi connectivity index (χ2v) is 4.85. The standard InChI is InChI=1S/C12H9BrOS/c13-11-4-2-1-3-10(11)12(14)7-9-5-6-15-8-9/h1-6,8H,7H2. The quantitative estimate of drug-likeness (QED) is 0.779. The average molecular weight is 281 g/mol. The first-order chi connectivity index (χ1) is 7.27. The maximum Gasteiger partial charge on any atom is 0.168 e. The van der Waals surface area contributed by atoms with E-state index in [0.717, 1.165) is 15.6 Å². The third-order valence-corrected chi connectivity index (χ3v) is 3.54. The van der Waals surface area contributed by atoms with E-state index >= 15 is 0 Å². The van der Waals surface area contributed by atoms with Crippen LogP contribution in [0.3, 0.4) is 0 Å². The van der Waals surface area contributed by atoms with Gasteiger partial charge in [-0.15, -0.1) is 0 Å². The van der Waals surface area contributed by atoms with Crippen LogP contribution in [-0.4, -0.2) is 5.78 Å². The lowest BCUT2D eigenvalue weighted by molar-refractivity contribution is 0.0992. The molecule has 0 atom stereocenters. The molecular formula is C12H9BrOS. The monoisotopic (exact) mass is 280 g/mol. The molecule has 0 bridgehead atoms. The van der Waals surface area contributed by atoms with Crippen molar-refractivity contribution in [3.05, 3.63) is 56.7 Å². The minimum Gasteiger partial charge on any atom is -0.294 e. The molecule has 2 aromatic rings. The van der Waals surface area contributed by atoms with Crippen molar-refractivity contribution in [3.8, 4) is 0 Å². The molecule has 0 saturated carbocycles. The highest BCUT2D eigenvalue weighted by Gasteiger charge is 2.09. The van der Waals surface area contributed by atoms with Crippen molar-refractivity contribution in [2.75, 3.05) is 0 Å². The molecule has 0 N–H and O–H groups in total. The molecule has 76 valence electrons. The number of hydrogen-bond acceptors (Lipinski definition) is 2. The fourth-order valence-electron chi connectivity index (χ4n) is 1.36. The van der Waals surface area contributed by atoms with Gasteiger partial charge >= 0.3 is 0 Å². The number of thiophene rings is 1. The van der Waals surface area contributed by atoms with Crippen LogP contribution in [0.2, 0.25) is 0 Å². The number of hydrogen-bond donors (Lipinski definition) is 0. The maximum atomic E-state index is 11.9. The van der Waals surface area contributed by atoms with Gasteiger partial charge in [-0.3, -0.25) is 4.79 Å². The van der Waals surface area contributed by atoms with Gasteiger partial charge in [0.15, 0.2) is 5.78 Å². The Bertz CT molecular complexity index is 462. The van der Waals surface area contributed by atoms with Crippen LogP contribution >= 0.6 is 27.3 Å². The molecule has 0 amide bonds. The Kier molecular flexibility index (Phi) is 3.34. The van der Waals surface area contributed by atoms with E-state index in [1.54, 1.807) is 11.3 Å². The lowest BCUT2D eigenvalue weighted by Gasteiger charge is -2.01. The van der Waals surface area contributed by atoms with Crippen LogP contribution in [-0.2, 0) is 6.42 Å². The highest BCUT2D eigenvalue weighted by Crippen LogP contribution is 2.18. The fourth-order valence-corrected chi connectivity index (χ4v) is 2.54. The Morgan fingerprint density at radius 1 is 1.27 bits per heavy atom. The number of carbonyl (C=O) groups excluding carboxylic acids is 1. The molecule has 3 heteroatoms. The molecule has 0 aliphatic carbocycles. The summed E-state index contributed by atoms with van der Waals surface area (Å²) in [5.74, 6) is 0.154. The van der Waals surface area contributed by atoms with E-state index in [4.69, 9.17) is 0 Å². The first-order valence-corrected chi connectivity index (χ1v) is 6.30. The molecule has 1 aromatic carbocycles. The fraction of sp³-hybridized carbons (Fsp3) is 0.0833. The van der Waals surface area contributed by atoms with Crippen LogP contribution in [0.4, 0.5) is 0 Å². The number of benzene rings is 1. The van der Waals surface area contributed by atoms with Crippen molar-refractivity contribution in [3.63, 3.8) is 0 Å². The summed E-state index contributed by atoms with van der Waals surface area (Å²) < 4.78 is 0.866. The summed E-state index contributed by atoms with van der Waals surface area (Å²) in [5, 5.41) is 4.00.